The number of thioether (sulfide) groups is 1. The SMILES string of the molecule is COCCNc1c2c(nc3ccccc13)CSC2. The van der Waals surface area contributed by atoms with Crippen molar-refractivity contribution in [3.05, 3.63) is 35.5 Å². The first-order valence-corrected chi connectivity index (χ1v) is 7.26. The molecule has 0 amide bonds. The van der Waals surface area contributed by atoms with Crippen LogP contribution in [0.1, 0.15) is 11.3 Å². The highest BCUT2D eigenvalue weighted by molar-refractivity contribution is 7.98. The van der Waals surface area contributed by atoms with Crippen molar-refractivity contribution < 1.29 is 4.74 Å². The normalized spacial score (nSPS) is 13.8. The van der Waals surface area contributed by atoms with E-state index < -0.39 is 0 Å². The Kier molecular flexibility index (Phi) is 3.39. The Morgan fingerprint density at radius 1 is 1.33 bits per heavy atom. The average molecular weight is 260 g/mol. The van der Waals surface area contributed by atoms with Crippen LogP contribution >= 0.6 is 11.8 Å². The summed E-state index contributed by atoms with van der Waals surface area (Å²) in [7, 11) is 1.73. The van der Waals surface area contributed by atoms with Gasteiger partial charge in [-0.15, -0.1) is 0 Å². The van der Waals surface area contributed by atoms with Crippen LogP contribution in [-0.4, -0.2) is 25.2 Å². The highest BCUT2D eigenvalue weighted by Crippen LogP contribution is 2.37. The van der Waals surface area contributed by atoms with Gasteiger partial charge in [-0.3, -0.25) is 4.98 Å². The monoisotopic (exact) mass is 260 g/mol. The Balaban J connectivity index is 2.07. The van der Waals surface area contributed by atoms with Crippen LogP contribution in [0.5, 0.6) is 0 Å². The first kappa shape index (κ1) is 11.8. The van der Waals surface area contributed by atoms with Crippen molar-refractivity contribution in [3.8, 4) is 0 Å². The van der Waals surface area contributed by atoms with Gasteiger partial charge < -0.3 is 10.1 Å². The number of ether oxygens (including phenoxy) is 1. The number of aromatic nitrogens is 1. The van der Waals surface area contributed by atoms with Crippen molar-refractivity contribution in [2.45, 2.75) is 11.5 Å². The van der Waals surface area contributed by atoms with Gasteiger partial charge in [-0.25, -0.2) is 0 Å². The first-order chi connectivity index (χ1) is 8.90. The number of fused-ring (bicyclic) bond motifs is 2. The Labute approximate surface area is 111 Å². The van der Waals surface area contributed by atoms with E-state index in [9.17, 15) is 0 Å². The molecule has 0 aliphatic carbocycles. The molecule has 2 heterocycles. The number of rotatable bonds is 4. The molecule has 3 nitrogen and oxygen atoms in total. The van der Waals surface area contributed by atoms with Gasteiger partial charge in [0, 0.05) is 41.8 Å². The summed E-state index contributed by atoms with van der Waals surface area (Å²) in [5.41, 5.74) is 4.93. The van der Waals surface area contributed by atoms with Crippen LogP contribution in [0.25, 0.3) is 10.9 Å². The lowest BCUT2D eigenvalue weighted by molar-refractivity contribution is 0.211. The first-order valence-electron chi connectivity index (χ1n) is 6.11. The summed E-state index contributed by atoms with van der Waals surface area (Å²) < 4.78 is 5.11. The van der Waals surface area contributed by atoms with Crippen LogP contribution in [0.15, 0.2) is 24.3 Å². The summed E-state index contributed by atoms with van der Waals surface area (Å²) in [6.45, 7) is 1.56. The smallest absolute Gasteiger partial charge is 0.0726 e. The van der Waals surface area contributed by atoms with E-state index in [1.807, 2.05) is 17.8 Å². The number of anilines is 1. The third-order valence-corrected chi connectivity index (χ3v) is 4.14. The van der Waals surface area contributed by atoms with E-state index in [-0.39, 0.29) is 0 Å². The van der Waals surface area contributed by atoms with E-state index in [2.05, 4.69) is 23.5 Å². The van der Waals surface area contributed by atoms with Crippen LogP contribution in [0.3, 0.4) is 0 Å². The molecule has 94 valence electrons. The van der Waals surface area contributed by atoms with E-state index in [1.54, 1.807) is 7.11 Å². The Hall–Kier alpha value is -1.26. The number of benzene rings is 1. The molecule has 1 aliphatic rings. The molecule has 0 saturated carbocycles. The summed E-state index contributed by atoms with van der Waals surface area (Å²) in [5, 5.41) is 4.73. The third-order valence-electron chi connectivity index (χ3n) is 3.17. The minimum absolute atomic E-state index is 0.721. The van der Waals surface area contributed by atoms with Crippen LogP contribution in [-0.2, 0) is 16.2 Å². The zero-order valence-corrected chi connectivity index (χ0v) is 11.2. The van der Waals surface area contributed by atoms with Gasteiger partial charge in [0.25, 0.3) is 0 Å². The van der Waals surface area contributed by atoms with Crippen molar-refractivity contribution >= 4 is 28.4 Å². The molecule has 3 rings (SSSR count). The number of para-hydroxylation sites is 1. The minimum Gasteiger partial charge on any atom is -0.383 e. The van der Waals surface area contributed by atoms with Crippen molar-refractivity contribution in [1.82, 2.24) is 4.98 Å². The number of hydrogen-bond acceptors (Lipinski definition) is 4. The standard InChI is InChI=1S/C14H16N2OS/c1-17-7-6-15-14-10-4-2-3-5-12(10)16-13-9-18-8-11(13)14/h2-5H,6-9H2,1H3,(H,15,16). The van der Waals surface area contributed by atoms with E-state index in [0.29, 0.717) is 0 Å². The lowest BCUT2D eigenvalue weighted by atomic mass is 10.1. The molecule has 1 aromatic heterocycles. The largest absolute Gasteiger partial charge is 0.383 e. The molecule has 0 spiro atoms. The average Bonchev–Trinajstić information content (AvgIpc) is 2.86. The van der Waals surface area contributed by atoms with Gasteiger partial charge in [-0.2, -0.15) is 11.8 Å². The fraction of sp³-hybridized carbons (Fsp3) is 0.357. The molecular formula is C14H16N2OS. The van der Waals surface area contributed by atoms with E-state index in [0.717, 1.165) is 30.2 Å². The number of hydrogen-bond donors (Lipinski definition) is 1. The third kappa shape index (κ3) is 2.06. The highest BCUT2D eigenvalue weighted by Gasteiger charge is 2.19. The van der Waals surface area contributed by atoms with Crippen LogP contribution < -0.4 is 5.32 Å². The van der Waals surface area contributed by atoms with E-state index in [4.69, 9.17) is 9.72 Å². The topological polar surface area (TPSA) is 34.1 Å². The van der Waals surface area contributed by atoms with Crippen molar-refractivity contribution in [1.29, 1.82) is 0 Å². The molecule has 0 bridgehead atoms. The van der Waals surface area contributed by atoms with Gasteiger partial charge in [-0.05, 0) is 6.07 Å². The molecule has 18 heavy (non-hydrogen) atoms. The van der Waals surface area contributed by atoms with Gasteiger partial charge >= 0.3 is 0 Å². The maximum absolute atomic E-state index is 5.11. The summed E-state index contributed by atoms with van der Waals surface area (Å²) >= 11 is 1.93. The maximum Gasteiger partial charge on any atom is 0.0726 e. The molecule has 0 saturated heterocycles. The van der Waals surface area contributed by atoms with Crippen LogP contribution in [0.2, 0.25) is 0 Å². The molecule has 0 radical (unpaired) electrons. The number of nitrogens with one attached hydrogen (secondary N) is 1. The summed E-state index contributed by atoms with van der Waals surface area (Å²) in [5.74, 6) is 2.08. The second-order valence-corrected chi connectivity index (χ2v) is 5.33. The van der Waals surface area contributed by atoms with E-state index >= 15 is 0 Å². The predicted octanol–water partition coefficient (Wildman–Crippen LogP) is 3.04. The quantitative estimate of drug-likeness (QED) is 0.857. The Bertz CT molecular complexity index is 571. The Morgan fingerprint density at radius 2 is 2.22 bits per heavy atom. The second-order valence-electron chi connectivity index (χ2n) is 4.34. The highest BCUT2D eigenvalue weighted by atomic mass is 32.2. The maximum atomic E-state index is 5.11. The molecule has 4 heteroatoms. The molecule has 1 aromatic carbocycles. The summed E-state index contributed by atoms with van der Waals surface area (Å²) in [6.07, 6.45) is 0. The molecule has 2 aromatic rings. The van der Waals surface area contributed by atoms with Gasteiger partial charge in [-0.1, -0.05) is 18.2 Å². The molecule has 0 unspecified atom stereocenters. The Morgan fingerprint density at radius 3 is 3.11 bits per heavy atom. The number of methoxy groups -OCH3 is 1. The lowest BCUT2D eigenvalue weighted by Crippen LogP contribution is -2.10. The van der Waals surface area contributed by atoms with Crippen LogP contribution in [0.4, 0.5) is 5.69 Å². The predicted molar refractivity (Wildman–Crippen MR) is 77.1 cm³/mol. The van der Waals surface area contributed by atoms with Gasteiger partial charge in [0.1, 0.15) is 0 Å². The summed E-state index contributed by atoms with van der Waals surface area (Å²) in [4.78, 5) is 4.75. The zero-order valence-electron chi connectivity index (χ0n) is 10.4. The van der Waals surface area contributed by atoms with Gasteiger partial charge in [0.15, 0.2) is 0 Å². The summed E-state index contributed by atoms with van der Waals surface area (Å²) in [6, 6.07) is 8.34. The lowest BCUT2D eigenvalue weighted by Gasteiger charge is -2.13. The van der Waals surface area contributed by atoms with Crippen molar-refractivity contribution in [2.24, 2.45) is 0 Å². The minimum atomic E-state index is 0.721. The molecule has 1 N–H and O–H groups in total. The van der Waals surface area contributed by atoms with Crippen molar-refractivity contribution in [2.75, 3.05) is 25.6 Å². The molecule has 0 atom stereocenters. The van der Waals surface area contributed by atoms with Crippen LogP contribution in [0, 0.1) is 0 Å². The molecule has 0 fully saturated rings. The fourth-order valence-corrected chi connectivity index (χ4v) is 3.36. The number of nitrogens with zero attached hydrogens (tertiary/aromatic N) is 1. The molecule has 1 aliphatic heterocycles. The zero-order chi connectivity index (χ0) is 12.4. The molecular weight excluding hydrogens is 244 g/mol. The van der Waals surface area contributed by atoms with Crippen molar-refractivity contribution in [3.63, 3.8) is 0 Å². The van der Waals surface area contributed by atoms with Gasteiger partial charge in [0.2, 0.25) is 0 Å². The fourth-order valence-electron chi connectivity index (χ4n) is 2.31. The second kappa shape index (κ2) is 5.16. The van der Waals surface area contributed by atoms with Gasteiger partial charge in [0.05, 0.1) is 17.8 Å². The van der Waals surface area contributed by atoms with E-state index in [1.165, 1.54) is 22.3 Å². The number of pyridine rings is 1.